The summed E-state index contributed by atoms with van der Waals surface area (Å²) >= 11 is 0. The lowest BCUT2D eigenvalue weighted by Gasteiger charge is -2.29. The van der Waals surface area contributed by atoms with Crippen LogP contribution in [0.25, 0.3) is 0 Å². The second kappa shape index (κ2) is 8.66. The van der Waals surface area contributed by atoms with Crippen molar-refractivity contribution in [3.05, 3.63) is 65.2 Å². The highest BCUT2D eigenvalue weighted by molar-refractivity contribution is 5.98. The summed E-state index contributed by atoms with van der Waals surface area (Å²) in [5, 5.41) is 0. The number of esters is 1. The lowest BCUT2D eigenvalue weighted by molar-refractivity contribution is 0.0521. The molecule has 29 heavy (non-hydrogen) atoms. The highest BCUT2D eigenvalue weighted by Gasteiger charge is 2.38. The van der Waals surface area contributed by atoms with Gasteiger partial charge in [0, 0.05) is 0 Å². The van der Waals surface area contributed by atoms with Gasteiger partial charge in [0.05, 0.1) is 37.6 Å². The third-order valence-corrected chi connectivity index (χ3v) is 4.63. The van der Waals surface area contributed by atoms with Gasteiger partial charge in [-0.2, -0.15) is 0 Å². The molecule has 0 saturated heterocycles. The largest absolute Gasteiger partial charge is 0.465 e. The van der Waals surface area contributed by atoms with Crippen molar-refractivity contribution >= 4 is 17.7 Å². The molecular formula is C23H27NO5. The lowest BCUT2D eigenvalue weighted by atomic mass is 10.0. The minimum absolute atomic E-state index is 0.269. The summed E-state index contributed by atoms with van der Waals surface area (Å²) in [4.78, 5) is 26.7. The van der Waals surface area contributed by atoms with Crippen molar-refractivity contribution < 1.29 is 23.8 Å². The molecule has 1 atom stereocenters. The predicted molar refractivity (Wildman–Crippen MR) is 110 cm³/mol. The van der Waals surface area contributed by atoms with Gasteiger partial charge in [-0.05, 0) is 50.5 Å². The molecule has 3 rings (SSSR count). The number of benzene rings is 2. The number of fused-ring (bicyclic) bond motifs is 1. The van der Waals surface area contributed by atoms with Crippen LogP contribution in [0.4, 0.5) is 10.5 Å². The first kappa shape index (κ1) is 20.9. The van der Waals surface area contributed by atoms with Crippen LogP contribution in [0.3, 0.4) is 0 Å². The second-order valence-corrected chi connectivity index (χ2v) is 8.00. The molecule has 1 aliphatic rings. The van der Waals surface area contributed by atoms with Crippen LogP contribution in [0.1, 0.15) is 42.3 Å². The van der Waals surface area contributed by atoms with Crippen molar-refractivity contribution in [3.8, 4) is 0 Å². The Bertz CT molecular complexity index is 873. The van der Waals surface area contributed by atoms with Gasteiger partial charge in [-0.25, -0.2) is 9.59 Å². The molecule has 1 unspecified atom stereocenters. The van der Waals surface area contributed by atoms with Crippen LogP contribution in [0.2, 0.25) is 0 Å². The summed E-state index contributed by atoms with van der Waals surface area (Å²) in [6.45, 7) is 6.25. The van der Waals surface area contributed by atoms with E-state index in [4.69, 9.17) is 14.2 Å². The number of anilines is 1. The van der Waals surface area contributed by atoms with Gasteiger partial charge in [0.15, 0.2) is 0 Å². The Morgan fingerprint density at radius 2 is 1.79 bits per heavy atom. The molecule has 0 aliphatic carbocycles. The Kier molecular flexibility index (Phi) is 6.23. The summed E-state index contributed by atoms with van der Waals surface area (Å²) in [7, 11) is 1.35. The van der Waals surface area contributed by atoms with Crippen molar-refractivity contribution in [1.82, 2.24) is 0 Å². The molecule has 1 aliphatic heterocycles. The summed E-state index contributed by atoms with van der Waals surface area (Å²) in [6.07, 6.45) is 0.0424. The fraction of sp³-hybridized carbons (Fsp3) is 0.391. The number of rotatable bonds is 5. The molecule has 0 saturated carbocycles. The number of ether oxygens (including phenoxy) is 3. The topological polar surface area (TPSA) is 65.1 Å². The van der Waals surface area contributed by atoms with Crippen LogP contribution in [0.15, 0.2) is 48.5 Å². The van der Waals surface area contributed by atoms with Gasteiger partial charge in [0.1, 0.15) is 5.60 Å². The van der Waals surface area contributed by atoms with E-state index in [1.165, 1.54) is 7.11 Å². The van der Waals surface area contributed by atoms with Gasteiger partial charge in [-0.3, -0.25) is 4.90 Å². The fourth-order valence-electron chi connectivity index (χ4n) is 3.42. The average Bonchev–Trinajstić information content (AvgIpc) is 3.05. The molecule has 0 fully saturated rings. The second-order valence-electron chi connectivity index (χ2n) is 8.00. The van der Waals surface area contributed by atoms with E-state index < -0.39 is 17.7 Å². The van der Waals surface area contributed by atoms with E-state index in [9.17, 15) is 9.59 Å². The monoisotopic (exact) mass is 397 g/mol. The molecule has 154 valence electrons. The average molecular weight is 397 g/mol. The molecule has 0 bridgehead atoms. The normalized spacial score (nSPS) is 15.7. The molecule has 0 aromatic heterocycles. The van der Waals surface area contributed by atoms with Gasteiger partial charge in [0.2, 0.25) is 0 Å². The Labute approximate surface area is 171 Å². The summed E-state index contributed by atoms with van der Waals surface area (Å²) in [5.41, 5.74) is 2.33. The van der Waals surface area contributed by atoms with Crippen LogP contribution in [0.5, 0.6) is 0 Å². The number of nitrogens with zero attached hydrogens (tertiary/aromatic N) is 1. The highest BCUT2D eigenvalue weighted by Crippen LogP contribution is 2.36. The molecule has 1 heterocycles. The Morgan fingerprint density at radius 1 is 1.07 bits per heavy atom. The minimum atomic E-state index is -0.630. The Hall–Kier alpha value is -2.86. The number of carbonyl (C=O) groups is 2. The van der Waals surface area contributed by atoms with Crippen LogP contribution < -0.4 is 4.90 Å². The number of methoxy groups -OCH3 is 1. The maximum atomic E-state index is 12.9. The van der Waals surface area contributed by atoms with Crippen molar-refractivity contribution in [1.29, 1.82) is 0 Å². The standard InChI is InChI=1S/C23H27NO5/c1-23(2,3)29-22(26)24-17(15-28-14-16-9-6-5-7-10-16)13-19-18(21(25)27-4)11-8-12-20(19)24/h5-12,17H,13-15H2,1-4H3. The first-order valence-corrected chi connectivity index (χ1v) is 9.64. The van der Waals surface area contributed by atoms with E-state index in [0.717, 1.165) is 11.1 Å². The van der Waals surface area contributed by atoms with Crippen molar-refractivity contribution in [2.24, 2.45) is 0 Å². The minimum Gasteiger partial charge on any atom is -0.465 e. The van der Waals surface area contributed by atoms with E-state index in [1.807, 2.05) is 57.2 Å². The van der Waals surface area contributed by atoms with Crippen molar-refractivity contribution in [2.75, 3.05) is 18.6 Å². The van der Waals surface area contributed by atoms with Gasteiger partial charge in [0.25, 0.3) is 0 Å². The van der Waals surface area contributed by atoms with Crippen LogP contribution in [0, 0.1) is 0 Å². The highest BCUT2D eigenvalue weighted by atomic mass is 16.6. The first-order chi connectivity index (χ1) is 13.8. The zero-order valence-electron chi connectivity index (χ0n) is 17.3. The van der Waals surface area contributed by atoms with Gasteiger partial charge in [-0.1, -0.05) is 36.4 Å². The summed E-state index contributed by atoms with van der Waals surface area (Å²) in [6, 6.07) is 14.9. The van der Waals surface area contributed by atoms with E-state index in [2.05, 4.69) is 0 Å². The van der Waals surface area contributed by atoms with Crippen LogP contribution in [-0.2, 0) is 27.2 Å². The van der Waals surface area contributed by atoms with Crippen molar-refractivity contribution in [2.45, 2.75) is 45.4 Å². The Balaban J connectivity index is 1.83. The van der Waals surface area contributed by atoms with Gasteiger partial charge in [-0.15, -0.1) is 0 Å². The maximum Gasteiger partial charge on any atom is 0.415 e. The third kappa shape index (κ3) is 4.95. The van der Waals surface area contributed by atoms with Crippen LogP contribution >= 0.6 is 0 Å². The quantitative estimate of drug-likeness (QED) is 0.702. The number of hydrogen-bond acceptors (Lipinski definition) is 5. The summed E-state index contributed by atoms with van der Waals surface area (Å²) < 4.78 is 16.4. The van der Waals surface area contributed by atoms with Gasteiger partial charge >= 0.3 is 12.1 Å². The van der Waals surface area contributed by atoms with Crippen molar-refractivity contribution in [3.63, 3.8) is 0 Å². The number of hydrogen-bond donors (Lipinski definition) is 0. The fourth-order valence-corrected chi connectivity index (χ4v) is 3.42. The third-order valence-electron chi connectivity index (χ3n) is 4.63. The molecule has 6 nitrogen and oxygen atoms in total. The first-order valence-electron chi connectivity index (χ1n) is 9.64. The van der Waals surface area contributed by atoms with E-state index >= 15 is 0 Å². The summed E-state index contributed by atoms with van der Waals surface area (Å²) in [5.74, 6) is -0.420. The molecule has 6 heteroatoms. The van der Waals surface area contributed by atoms with Gasteiger partial charge < -0.3 is 14.2 Å². The van der Waals surface area contributed by atoms with E-state index in [1.54, 1.807) is 17.0 Å². The lowest BCUT2D eigenvalue weighted by Crippen LogP contribution is -2.43. The molecule has 2 aromatic carbocycles. The molecule has 0 N–H and O–H groups in total. The predicted octanol–water partition coefficient (Wildman–Crippen LogP) is 4.36. The zero-order chi connectivity index (χ0) is 21.0. The SMILES string of the molecule is COC(=O)c1cccc2c1CC(COCc1ccccc1)N2C(=O)OC(C)(C)C. The molecular weight excluding hydrogens is 370 g/mol. The Morgan fingerprint density at radius 3 is 2.45 bits per heavy atom. The zero-order valence-corrected chi connectivity index (χ0v) is 17.3. The smallest absolute Gasteiger partial charge is 0.415 e. The van der Waals surface area contributed by atoms with E-state index in [0.29, 0.717) is 30.9 Å². The number of carbonyl (C=O) groups excluding carboxylic acids is 2. The van der Waals surface area contributed by atoms with E-state index in [-0.39, 0.29) is 6.04 Å². The molecule has 1 amide bonds. The number of amides is 1. The maximum absolute atomic E-state index is 12.9. The molecule has 0 spiro atoms. The van der Waals surface area contributed by atoms with Crippen LogP contribution in [-0.4, -0.2) is 37.4 Å². The molecule has 2 aromatic rings. The molecule has 0 radical (unpaired) electrons.